The number of rotatable bonds is 7. The molecule has 1 aliphatic rings. The first kappa shape index (κ1) is 13.9. The molecule has 1 rings (SSSR count). The third-order valence-electron chi connectivity index (χ3n) is 3.45. The zero-order chi connectivity index (χ0) is 11.6. The van der Waals surface area contributed by atoms with E-state index < -0.39 is 0 Å². The molecule has 0 aromatic carbocycles. The van der Waals surface area contributed by atoms with Crippen LogP contribution in [0.1, 0.15) is 39.0 Å². The highest BCUT2D eigenvalue weighted by atomic mass is 16.5. The fourth-order valence-electron chi connectivity index (χ4n) is 2.36. The van der Waals surface area contributed by atoms with Crippen LogP contribution in [0.2, 0.25) is 0 Å². The van der Waals surface area contributed by atoms with Gasteiger partial charge in [-0.2, -0.15) is 0 Å². The summed E-state index contributed by atoms with van der Waals surface area (Å²) in [5.41, 5.74) is 0. The van der Waals surface area contributed by atoms with Crippen molar-refractivity contribution in [2.24, 2.45) is 5.92 Å². The maximum Gasteiger partial charge on any atom is 0.0700 e. The number of nitrogens with one attached hydrogen (secondary N) is 1. The van der Waals surface area contributed by atoms with E-state index >= 15 is 0 Å². The molecule has 0 aliphatic heterocycles. The lowest BCUT2D eigenvalue weighted by Gasteiger charge is -2.22. The third kappa shape index (κ3) is 5.83. The van der Waals surface area contributed by atoms with Crippen LogP contribution in [0, 0.1) is 5.92 Å². The molecule has 16 heavy (non-hydrogen) atoms. The summed E-state index contributed by atoms with van der Waals surface area (Å²) in [5.74, 6) is 0.821. The van der Waals surface area contributed by atoms with Gasteiger partial charge >= 0.3 is 0 Å². The zero-order valence-corrected chi connectivity index (χ0v) is 10.8. The van der Waals surface area contributed by atoms with Crippen molar-refractivity contribution in [1.29, 1.82) is 0 Å². The van der Waals surface area contributed by atoms with Crippen molar-refractivity contribution in [3.8, 4) is 0 Å². The molecule has 96 valence electrons. The van der Waals surface area contributed by atoms with Gasteiger partial charge in [0.15, 0.2) is 0 Å². The van der Waals surface area contributed by atoms with Crippen LogP contribution < -0.4 is 5.32 Å². The van der Waals surface area contributed by atoms with Crippen LogP contribution >= 0.6 is 0 Å². The summed E-state index contributed by atoms with van der Waals surface area (Å²) in [5, 5.41) is 3.62. The number of ether oxygens (including phenoxy) is 2. The van der Waals surface area contributed by atoms with Crippen LogP contribution in [0.5, 0.6) is 0 Å². The molecule has 1 aliphatic carbocycles. The molecule has 1 fully saturated rings. The first-order chi connectivity index (χ1) is 7.84. The maximum atomic E-state index is 5.44. The van der Waals surface area contributed by atoms with Crippen LogP contribution in [0.15, 0.2) is 0 Å². The van der Waals surface area contributed by atoms with Crippen LogP contribution in [0.3, 0.4) is 0 Å². The van der Waals surface area contributed by atoms with Crippen molar-refractivity contribution in [3.05, 3.63) is 0 Å². The van der Waals surface area contributed by atoms with E-state index in [1.54, 1.807) is 7.11 Å². The maximum absolute atomic E-state index is 5.44. The smallest absolute Gasteiger partial charge is 0.0700 e. The minimum atomic E-state index is 0.694. The van der Waals surface area contributed by atoms with E-state index in [9.17, 15) is 0 Å². The molecule has 2 unspecified atom stereocenters. The Labute approximate surface area is 99.9 Å². The van der Waals surface area contributed by atoms with Gasteiger partial charge in [-0.1, -0.05) is 26.2 Å². The van der Waals surface area contributed by atoms with E-state index in [1.165, 1.54) is 32.1 Å². The van der Waals surface area contributed by atoms with E-state index in [0.717, 1.165) is 19.1 Å². The van der Waals surface area contributed by atoms with Crippen molar-refractivity contribution in [2.45, 2.75) is 45.1 Å². The summed E-state index contributed by atoms with van der Waals surface area (Å²) in [6.45, 7) is 5.54. The monoisotopic (exact) mass is 229 g/mol. The normalized spacial score (nSPS) is 26.6. The molecule has 0 amide bonds. The minimum Gasteiger partial charge on any atom is -0.382 e. The SMILES string of the molecule is COCCOCCNC1CCCCCC1C. The van der Waals surface area contributed by atoms with Gasteiger partial charge < -0.3 is 14.8 Å². The molecule has 0 radical (unpaired) electrons. The average molecular weight is 229 g/mol. The van der Waals surface area contributed by atoms with Gasteiger partial charge in [-0.3, -0.25) is 0 Å². The second kappa shape index (κ2) is 8.97. The first-order valence-corrected chi connectivity index (χ1v) is 6.64. The minimum absolute atomic E-state index is 0.694. The van der Waals surface area contributed by atoms with E-state index in [1.807, 2.05) is 0 Å². The highest BCUT2D eigenvalue weighted by molar-refractivity contribution is 4.76. The van der Waals surface area contributed by atoms with Gasteiger partial charge in [0.25, 0.3) is 0 Å². The quantitative estimate of drug-likeness (QED) is 0.536. The summed E-state index contributed by atoms with van der Waals surface area (Å²) in [6, 6.07) is 0.702. The highest BCUT2D eigenvalue weighted by Gasteiger charge is 2.18. The molecule has 0 heterocycles. The molecule has 3 heteroatoms. The molecule has 0 bridgehead atoms. The molecule has 0 saturated heterocycles. The van der Waals surface area contributed by atoms with E-state index in [0.29, 0.717) is 19.3 Å². The van der Waals surface area contributed by atoms with Gasteiger partial charge in [0.1, 0.15) is 0 Å². The predicted molar refractivity (Wildman–Crippen MR) is 66.7 cm³/mol. The molecular formula is C13H27NO2. The Bertz CT molecular complexity index is 164. The van der Waals surface area contributed by atoms with E-state index in [4.69, 9.17) is 9.47 Å². The Morgan fingerprint density at radius 1 is 1.06 bits per heavy atom. The van der Waals surface area contributed by atoms with Crippen molar-refractivity contribution < 1.29 is 9.47 Å². The van der Waals surface area contributed by atoms with Crippen LogP contribution in [0.25, 0.3) is 0 Å². The van der Waals surface area contributed by atoms with Crippen LogP contribution in [-0.4, -0.2) is 39.5 Å². The Balaban J connectivity index is 2.01. The Hall–Kier alpha value is -0.120. The molecule has 0 aromatic rings. The van der Waals surface area contributed by atoms with Gasteiger partial charge in [-0.05, 0) is 18.8 Å². The molecule has 0 aromatic heterocycles. The average Bonchev–Trinajstić information content (AvgIpc) is 2.49. The van der Waals surface area contributed by atoms with Crippen molar-refractivity contribution in [3.63, 3.8) is 0 Å². The van der Waals surface area contributed by atoms with Gasteiger partial charge in [0.2, 0.25) is 0 Å². The fraction of sp³-hybridized carbons (Fsp3) is 1.00. The summed E-state index contributed by atoms with van der Waals surface area (Å²) >= 11 is 0. The third-order valence-corrected chi connectivity index (χ3v) is 3.45. The van der Waals surface area contributed by atoms with Crippen molar-refractivity contribution in [1.82, 2.24) is 5.32 Å². The lowest BCUT2D eigenvalue weighted by molar-refractivity contribution is 0.0702. The molecule has 1 saturated carbocycles. The lowest BCUT2D eigenvalue weighted by Crippen LogP contribution is -2.36. The summed E-state index contributed by atoms with van der Waals surface area (Å²) < 4.78 is 10.4. The van der Waals surface area contributed by atoms with E-state index in [2.05, 4.69) is 12.2 Å². The fourth-order valence-corrected chi connectivity index (χ4v) is 2.36. The van der Waals surface area contributed by atoms with Crippen molar-refractivity contribution >= 4 is 0 Å². The van der Waals surface area contributed by atoms with Crippen LogP contribution in [-0.2, 0) is 9.47 Å². The number of methoxy groups -OCH3 is 1. The Morgan fingerprint density at radius 3 is 2.69 bits per heavy atom. The van der Waals surface area contributed by atoms with Crippen molar-refractivity contribution in [2.75, 3.05) is 33.5 Å². The molecule has 0 spiro atoms. The topological polar surface area (TPSA) is 30.5 Å². The summed E-state index contributed by atoms with van der Waals surface area (Å²) in [4.78, 5) is 0. The van der Waals surface area contributed by atoms with E-state index in [-0.39, 0.29) is 0 Å². The van der Waals surface area contributed by atoms with Gasteiger partial charge in [0, 0.05) is 19.7 Å². The standard InChI is InChI=1S/C13H27NO2/c1-12-6-4-3-5-7-13(12)14-8-9-16-11-10-15-2/h12-14H,3-11H2,1-2H3. The second-order valence-corrected chi connectivity index (χ2v) is 4.78. The first-order valence-electron chi connectivity index (χ1n) is 6.64. The Morgan fingerprint density at radius 2 is 1.88 bits per heavy atom. The van der Waals surface area contributed by atoms with Gasteiger partial charge in [-0.25, -0.2) is 0 Å². The summed E-state index contributed by atoms with van der Waals surface area (Å²) in [7, 11) is 1.70. The molecular weight excluding hydrogens is 202 g/mol. The molecule has 2 atom stereocenters. The van der Waals surface area contributed by atoms with Gasteiger partial charge in [-0.15, -0.1) is 0 Å². The van der Waals surface area contributed by atoms with Crippen LogP contribution in [0.4, 0.5) is 0 Å². The zero-order valence-electron chi connectivity index (χ0n) is 10.8. The molecule has 1 N–H and O–H groups in total. The van der Waals surface area contributed by atoms with Gasteiger partial charge in [0.05, 0.1) is 19.8 Å². The Kier molecular flexibility index (Phi) is 7.81. The highest BCUT2D eigenvalue weighted by Crippen LogP contribution is 2.22. The predicted octanol–water partition coefficient (Wildman–Crippen LogP) is 2.21. The number of hydrogen-bond donors (Lipinski definition) is 1. The summed E-state index contributed by atoms with van der Waals surface area (Å²) in [6.07, 6.45) is 6.91. The second-order valence-electron chi connectivity index (χ2n) is 4.78. The lowest BCUT2D eigenvalue weighted by atomic mass is 9.97. The largest absolute Gasteiger partial charge is 0.382 e. The molecule has 3 nitrogen and oxygen atoms in total. The number of hydrogen-bond acceptors (Lipinski definition) is 3.